The van der Waals surface area contributed by atoms with E-state index in [0.717, 1.165) is 28.1 Å². The molecule has 0 aliphatic carbocycles. The van der Waals surface area contributed by atoms with Gasteiger partial charge in [0.1, 0.15) is 23.9 Å². The van der Waals surface area contributed by atoms with Crippen LogP contribution >= 0.6 is 0 Å². The molecule has 0 N–H and O–H groups in total. The smallest absolute Gasteiger partial charge is 0.227 e. The first kappa shape index (κ1) is 12.6. The zero-order valence-corrected chi connectivity index (χ0v) is 11.8. The van der Waals surface area contributed by atoms with E-state index in [1.807, 2.05) is 47.0 Å². The maximum Gasteiger partial charge on any atom is 0.227 e. The summed E-state index contributed by atoms with van der Waals surface area (Å²) in [5, 5.41) is 7.61. The lowest BCUT2D eigenvalue weighted by Crippen LogP contribution is -1.88. The number of aromatic nitrogens is 4. The number of benzene rings is 2. The zero-order chi connectivity index (χ0) is 14.9. The van der Waals surface area contributed by atoms with Crippen LogP contribution in [0.4, 0.5) is 0 Å². The van der Waals surface area contributed by atoms with Gasteiger partial charge in [-0.15, -0.1) is 10.2 Å². The molecule has 2 heterocycles. The van der Waals surface area contributed by atoms with Crippen LogP contribution in [-0.4, -0.2) is 26.9 Å². The largest absolute Gasteiger partial charge is 0.497 e. The number of oxazole rings is 1. The van der Waals surface area contributed by atoms with Crippen LogP contribution in [0.1, 0.15) is 0 Å². The monoisotopic (exact) mass is 292 g/mol. The first-order chi connectivity index (χ1) is 10.8. The van der Waals surface area contributed by atoms with E-state index in [1.54, 1.807) is 19.8 Å². The van der Waals surface area contributed by atoms with Gasteiger partial charge in [-0.05, 0) is 42.5 Å². The van der Waals surface area contributed by atoms with Gasteiger partial charge in [-0.2, -0.15) is 0 Å². The molecule has 0 saturated carbocycles. The lowest BCUT2D eigenvalue weighted by atomic mass is 10.2. The van der Waals surface area contributed by atoms with Crippen molar-refractivity contribution >= 4 is 11.1 Å². The third-order valence-corrected chi connectivity index (χ3v) is 3.43. The van der Waals surface area contributed by atoms with Crippen LogP contribution in [0.3, 0.4) is 0 Å². The fourth-order valence-electron chi connectivity index (χ4n) is 2.27. The van der Waals surface area contributed by atoms with Crippen molar-refractivity contribution in [1.82, 2.24) is 19.7 Å². The van der Waals surface area contributed by atoms with Crippen LogP contribution in [-0.2, 0) is 0 Å². The Hall–Kier alpha value is -3.15. The Morgan fingerprint density at radius 3 is 2.50 bits per heavy atom. The molecule has 0 aliphatic rings. The van der Waals surface area contributed by atoms with Gasteiger partial charge in [0.25, 0.3) is 0 Å². The first-order valence-corrected chi connectivity index (χ1v) is 6.73. The van der Waals surface area contributed by atoms with Crippen molar-refractivity contribution in [2.45, 2.75) is 0 Å². The van der Waals surface area contributed by atoms with E-state index in [2.05, 4.69) is 15.2 Å². The van der Waals surface area contributed by atoms with Crippen molar-refractivity contribution in [2.24, 2.45) is 0 Å². The van der Waals surface area contributed by atoms with Gasteiger partial charge in [-0.1, -0.05) is 0 Å². The molecular weight excluding hydrogens is 280 g/mol. The number of nitrogens with zero attached hydrogens (tertiary/aromatic N) is 4. The first-order valence-electron chi connectivity index (χ1n) is 6.73. The second-order valence-corrected chi connectivity index (χ2v) is 4.77. The lowest BCUT2D eigenvalue weighted by molar-refractivity contribution is 0.415. The van der Waals surface area contributed by atoms with E-state index < -0.39 is 0 Å². The summed E-state index contributed by atoms with van der Waals surface area (Å²) in [6, 6.07) is 13.4. The van der Waals surface area contributed by atoms with E-state index in [-0.39, 0.29) is 0 Å². The van der Waals surface area contributed by atoms with Crippen molar-refractivity contribution < 1.29 is 9.15 Å². The molecule has 4 aromatic rings. The molecule has 0 aliphatic heterocycles. The van der Waals surface area contributed by atoms with Gasteiger partial charge in [-0.3, -0.25) is 4.57 Å². The molecule has 0 amide bonds. The fourth-order valence-corrected chi connectivity index (χ4v) is 2.27. The van der Waals surface area contributed by atoms with Gasteiger partial charge in [0.2, 0.25) is 5.89 Å². The minimum absolute atomic E-state index is 0.582. The highest BCUT2D eigenvalue weighted by Gasteiger charge is 2.09. The highest BCUT2D eigenvalue weighted by Crippen LogP contribution is 2.27. The van der Waals surface area contributed by atoms with Gasteiger partial charge in [0.05, 0.1) is 12.8 Å². The third kappa shape index (κ3) is 2.10. The summed E-state index contributed by atoms with van der Waals surface area (Å²) >= 11 is 0. The summed E-state index contributed by atoms with van der Waals surface area (Å²) in [4.78, 5) is 4.55. The predicted molar refractivity (Wildman–Crippen MR) is 80.9 cm³/mol. The van der Waals surface area contributed by atoms with Crippen molar-refractivity contribution in [1.29, 1.82) is 0 Å². The molecule has 2 aromatic heterocycles. The van der Waals surface area contributed by atoms with Crippen LogP contribution in [0.2, 0.25) is 0 Å². The van der Waals surface area contributed by atoms with Gasteiger partial charge in [0, 0.05) is 5.56 Å². The standard InChI is InChI=1S/C16H12N4O2/c1-21-13-5-2-11(3-6-13)16-19-14-8-12(4-7-15(14)22-16)20-9-17-18-10-20/h2-10H,1H3. The molecule has 2 aromatic carbocycles. The van der Waals surface area contributed by atoms with Crippen LogP contribution in [0, 0.1) is 0 Å². The Kier molecular flexibility index (Phi) is 2.86. The average molecular weight is 292 g/mol. The maximum atomic E-state index is 5.81. The number of hydrogen-bond donors (Lipinski definition) is 0. The van der Waals surface area contributed by atoms with Crippen LogP contribution < -0.4 is 4.74 Å². The fraction of sp³-hybridized carbons (Fsp3) is 0.0625. The van der Waals surface area contributed by atoms with E-state index in [9.17, 15) is 0 Å². The molecule has 6 nitrogen and oxygen atoms in total. The SMILES string of the molecule is COc1ccc(-c2nc3cc(-n4cnnc4)ccc3o2)cc1. The Labute approximate surface area is 126 Å². The number of hydrogen-bond acceptors (Lipinski definition) is 5. The molecule has 0 atom stereocenters. The predicted octanol–water partition coefficient (Wildman–Crippen LogP) is 3.08. The lowest BCUT2D eigenvalue weighted by Gasteiger charge is -1.99. The van der Waals surface area contributed by atoms with Gasteiger partial charge >= 0.3 is 0 Å². The van der Waals surface area contributed by atoms with E-state index >= 15 is 0 Å². The summed E-state index contributed by atoms with van der Waals surface area (Å²) < 4.78 is 12.8. The molecule has 0 spiro atoms. The average Bonchev–Trinajstić information content (AvgIpc) is 3.23. The molecule has 22 heavy (non-hydrogen) atoms. The van der Waals surface area contributed by atoms with Gasteiger partial charge in [-0.25, -0.2) is 4.98 Å². The molecule has 0 bridgehead atoms. The Morgan fingerprint density at radius 2 is 1.77 bits per heavy atom. The van der Waals surface area contributed by atoms with Gasteiger partial charge < -0.3 is 9.15 Å². The van der Waals surface area contributed by atoms with E-state index in [1.165, 1.54) is 0 Å². The minimum atomic E-state index is 0.582. The second kappa shape index (κ2) is 5.00. The Bertz CT molecular complexity index is 911. The molecule has 4 rings (SSSR count). The van der Waals surface area contributed by atoms with Crippen LogP contribution in [0.15, 0.2) is 59.5 Å². The van der Waals surface area contributed by atoms with Crippen molar-refractivity contribution in [3.8, 4) is 22.9 Å². The highest BCUT2D eigenvalue weighted by atomic mass is 16.5. The van der Waals surface area contributed by atoms with Crippen LogP contribution in [0.5, 0.6) is 5.75 Å². The summed E-state index contributed by atoms with van der Waals surface area (Å²) in [6.45, 7) is 0. The maximum absolute atomic E-state index is 5.81. The van der Waals surface area contributed by atoms with Crippen LogP contribution in [0.25, 0.3) is 28.2 Å². The van der Waals surface area contributed by atoms with E-state index in [0.29, 0.717) is 5.89 Å². The quantitative estimate of drug-likeness (QED) is 0.580. The van der Waals surface area contributed by atoms with Gasteiger partial charge in [0.15, 0.2) is 5.58 Å². The van der Waals surface area contributed by atoms with Crippen molar-refractivity contribution in [3.63, 3.8) is 0 Å². The number of fused-ring (bicyclic) bond motifs is 1. The third-order valence-electron chi connectivity index (χ3n) is 3.43. The summed E-state index contributed by atoms with van der Waals surface area (Å²) in [5.74, 6) is 1.38. The van der Waals surface area contributed by atoms with Crippen molar-refractivity contribution in [2.75, 3.05) is 7.11 Å². The molecule has 0 saturated heterocycles. The second-order valence-electron chi connectivity index (χ2n) is 4.77. The summed E-state index contributed by atoms with van der Waals surface area (Å²) in [7, 11) is 1.64. The normalized spacial score (nSPS) is 11.0. The highest BCUT2D eigenvalue weighted by molar-refractivity contribution is 5.78. The minimum Gasteiger partial charge on any atom is -0.497 e. The molecule has 6 heteroatoms. The van der Waals surface area contributed by atoms with Crippen molar-refractivity contribution in [3.05, 3.63) is 55.1 Å². The number of rotatable bonds is 3. The number of ether oxygens (including phenoxy) is 1. The molecule has 108 valence electrons. The summed E-state index contributed by atoms with van der Waals surface area (Å²) in [5.41, 5.74) is 3.37. The molecular formula is C16H12N4O2. The molecule has 0 fully saturated rings. The topological polar surface area (TPSA) is 66.0 Å². The molecule has 0 unspecified atom stereocenters. The number of methoxy groups -OCH3 is 1. The molecule has 0 radical (unpaired) electrons. The Balaban J connectivity index is 1.76. The Morgan fingerprint density at radius 1 is 1.00 bits per heavy atom. The van der Waals surface area contributed by atoms with E-state index in [4.69, 9.17) is 9.15 Å². The zero-order valence-electron chi connectivity index (χ0n) is 11.8. The summed E-state index contributed by atoms with van der Waals surface area (Å²) in [6.07, 6.45) is 3.29.